The molecule has 0 N–H and O–H groups in total. The fourth-order valence-corrected chi connectivity index (χ4v) is 3.06. The number of fused-ring (bicyclic) bond motifs is 1. The third kappa shape index (κ3) is 4.09. The first-order chi connectivity index (χ1) is 10.5. The van der Waals surface area contributed by atoms with Gasteiger partial charge in [0.25, 0.3) is 0 Å². The molecule has 0 aromatic carbocycles. The lowest BCUT2D eigenvalue weighted by Gasteiger charge is -2.36. The third-order valence-corrected chi connectivity index (χ3v) is 4.53. The van der Waals surface area contributed by atoms with Crippen LogP contribution < -0.4 is 0 Å². The van der Waals surface area contributed by atoms with Gasteiger partial charge >= 0.3 is 0 Å². The normalized spacial score (nSPS) is 18.1. The Morgan fingerprint density at radius 1 is 1.41 bits per heavy atom. The lowest BCUT2D eigenvalue weighted by Crippen LogP contribution is -2.45. The van der Waals surface area contributed by atoms with E-state index >= 15 is 0 Å². The first-order valence-electron chi connectivity index (χ1n) is 8.57. The molecule has 0 fully saturated rings. The molecule has 1 aromatic heterocycles. The maximum atomic E-state index is 12.5. The molecule has 0 saturated carbocycles. The molecular formula is C17H30N4O. The van der Waals surface area contributed by atoms with E-state index in [2.05, 4.69) is 42.4 Å². The molecule has 1 aromatic rings. The minimum absolute atomic E-state index is 0.265. The average molecular weight is 306 g/mol. The Balaban J connectivity index is 2.06. The topological polar surface area (TPSA) is 41.4 Å². The zero-order valence-electron chi connectivity index (χ0n) is 14.5. The van der Waals surface area contributed by atoms with Crippen LogP contribution in [0.5, 0.6) is 0 Å². The van der Waals surface area contributed by atoms with E-state index in [0.29, 0.717) is 18.9 Å². The van der Waals surface area contributed by atoms with E-state index in [1.54, 1.807) is 0 Å². The van der Waals surface area contributed by atoms with Gasteiger partial charge in [0.05, 0.1) is 18.3 Å². The van der Waals surface area contributed by atoms with Gasteiger partial charge in [-0.05, 0) is 31.5 Å². The van der Waals surface area contributed by atoms with Crippen molar-refractivity contribution in [2.45, 2.75) is 53.1 Å². The zero-order valence-corrected chi connectivity index (χ0v) is 14.5. The minimum atomic E-state index is 0.265. The summed E-state index contributed by atoms with van der Waals surface area (Å²) in [6, 6.07) is 2.30. The summed E-state index contributed by atoms with van der Waals surface area (Å²) in [5.41, 5.74) is 1.15. The van der Waals surface area contributed by atoms with E-state index in [9.17, 15) is 4.79 Å². The molecule has 124 valence electrons. The van der Waals surface area contributed by atoms with Crippen LogP contribution in [0.3, 0.4) is 0 Å². The van der Waals surface area contributed by atoms with Crippen LogP contribution in [0.15, 0.2) is 12.3 Å². The molecule has 2 heterocycles. The van der Waals surface area contributed by atoms with E-state index in [1.165, 1.54) is 0 Å². The lowest BCUT2D eigenvalue weighted by atomic mass is 10.1. The SMILES string of the molecule is CCN(CC)C[C@H]1CN(C(=O)CCC(C)C)Cc2ccnn21. The van der Waals surface area contributed by atoms with Crippen LogP contribution in [0.2, 0.25) is 0 Å². The number of hydrogen-bond acceptors (Lipinski definition) is 3. The summed E-state index contributed by atoms with van der Waals surface area (Å²) < 4.78 is 2.12. The van der Waals surface area contributed by atoms with Crippen molar-refractivity contribution in [1.29, 1.82) is 0 Å². The van der Waals surface area contributed by atoms with E-state index in [-0.39, 0.29) is 11.9 Å². The van der Waals surface area contributed by atoms with Crippen LogP contribution >= 0.6 is 0 Å². The van der Waals surface area contributed by atoms with Crippen molar-refractivity contribution in [3.8, 4) is 0 Å². The van der Waals surface area contributed by atoms with E-state index in [1.807, 2.05) is 17.2 Å². The molecule has 1 amide bonds. The Morgan fingerprint density at radius 3 is 2.77 bits per heavy atom. The molecule has 0 saturated heterocycles. The van der Waals surface area contributed by atoms with Crippen molar-refractivity contribution < 1.29 is 4.79 Å². The number of carbonyl (C=O) groups excluding carboxylic acids is 1. The Labute approximate surface area is 134 Å². The number of nitrogens with zero attached hydrogens (tertiary/aromatic N) is 4. The van der Waals surface area contributed by atoms with E-state index < -0.39 is 0 Å². The smallest absolute Gasteiger partial charge is 0.223 e. The summed E-state index contributed by atoms with van der Waals surface area (Å²) in [6.07, 6.45) is 3.48. The van der Waals surface area contributed by atoms with Crippen LogP contribution in [0.1, 0.15) is 52.3 Å². The lowest BCUT2D eigenvalue weighted by molar-refractivity contribution is -0.133. The van der Waals surface area contributed by atoms with Gasteiger partial charge in [0.15, 0.2) is 0 Å². The van der Waals surface area contributed by atoms with Crippen molar-refractivity contribution in [1.82, 2.24) is 19.6 Å². The first kappa shape index (κ1) is 17.0. The number of hydrogen-bond donors (Lipinski definition) is 0. The maximum absolute atomic E-state index is 12.5. The van der Waals surface area contributed by atoms with Gasteiger partial charge in [-0.2, -0.15) is 5.10 Å². The Kier molecular flexibility index (Phi) is 6.00. The number of likely N-dealkylation sites (N-methyl/N-ethyl adjacent to an activating group) is 1. The number of aromatic nitrogens is 2. The maximum Gasteiger partial charge on any atom is 0.223 e. The molecule has 0 radical (unpaired) electrons. The van der Waals surface area contributed by atoms with Crippen molar-refractivity contribution in [2.24, 2.45) is 5.92 Å². The molecule has 22 heavy (non-hydrogen) atoms. The highest BCUT2D eigenvalue weighted by Gasteiger charge is 2.29. The second-order valence-corrected chi connectivity index (χ2v) is 6.61. The minimum Gasteiger partial charge on any atom is -0.335 e. The summed E-state index contributed by atoms with van der Waals surface area (Å²) in [6.45, 7) is 13.2. The first-order valence-corrected chi connectivity index (χ1v) is 8.57. The largest absolute Gasteiger partial charge is 0.335 e. The number of carbonyl (C=O) groups is 1. The van der Waals surface area contributed by atoms with Gasteiger partial charge in [-0.25, -0.2) is 0 Å². The fraction of sp³-hybridized carbons (Fsp3) is 0.765. The average Bonchev–Trinajstić information content (AvgIpc) is 2.98. The molecule has 0 unspecified atom stereocenters. The van der Waals surface area contributed by atoms with Crippen LogP contribution in [0.4, 0.5) is 0 Å². The quantitative estimate of drug-likeness (QED) is 0.777. The number of amides is 1. The van der Waals surface area contributed by atoms with E-state index in [0.717, 1.165) is 38.3 Å². The zero-order chi connectivity index (χ0) is 16.1. The summed E-state index contributed by atoms with van der Waals surface area (Å²) in [4.78, 5) is 16.9. The summed E-state index contributed by atoms with van der Waals surface area (Å²) >= 11 is 0. The van der Waals surface area contributed by atoms with Crippen LogP contribution in [-0.2, 0) is 11.3 Å². The molecule has 0 bridgehead atoms. The van der Waals surface area contributed by atoms with Crippen molar-refractivity contribution in [3.05, 3.63) is 18.0 Å². The summed E-state index contributed by atoms with van der Waals surface area (Å²) in [5.74, 6) is 0.858. The predicted molar refractivity (Wildman–Crippen MR) is 88.5 cm³/mol. The second kappa shape index (κ2) is 7.77. The van der Waals surface area contributed by atoms with Crippen LogP contribution in [0, 0.1) is 5.92 Å². The van der Waals surface area contributed by atoms with Crippen molar-refractivity contribution in [2.75, 3.05) is 26.2 Å². The monoisotopic (exact) mass is 306 g/mol. The molecule has 5 nitrogen and oxygen atoms in total. The number of rotatable bonds is 7. The van der Waals surface area contributed by atoms with Crippen molar-refractivity contribution in [3.63, 3.8) is 0 Å². The van der Waals surface area contributed by atoms with Gasteiger partial charge in [-0.3, -0.25) is 9.48 Å². The summed E-state index contributed by atoms with van der Waals surface area (Å²) in [7, 11) is 0. The third-order valence-electron chi connectivity index (χ3n) is 4.53. The second-order valence-electron chi connectivity index (χ2n) is 6.61. The standard InChI is InChI=1S/C17H30N4O/c1-5-19(6-2)11-16-13-20(17(22)8-7-14(3)4)12-15-9-10-18-21(15)16/h9-10,14,16H,5-8,11-13H2,1-4H3/t16-/m0/s1. The van der Waals surface area contributed by atoms with Gasteiger partial charge in [-0.15, -0.1) is 0 Å². The fourth-order valence-electron chi connectivity index (χ4n) is 3.06. The van der Waals surface area contributed by atoms with E-state index in [4.69, 9.17) is 0 Å². The summed E-state index contributed by atoms with van der Waals surface area (Å²) in [5, 5.41) is 4.48. The van der Waals surface area contributed by atoms with Gasteiger partial charge in [0, 0.05) is 25.7 Å². The van der Waals surface area contributed by atoms with Crippen LogP contribution in [0.25, 0.3) is 0 Å². The Hall–Kier alpha value is -1.36. The highest BCUT2D eigenvalue weighted by Crippen LogP contribution is 2.22. The van der Waals surface area contributed by atoms with Gasteiger partial charge in [-0.1, -0.05) is 27.7 Å². The van der Waals surface area contributed by atoms with Gasteiger partial charge in [0.2, 0.25) is 5.91 Å². The molecule has 2 rings (SSSR count). The molecule has 1 aliphatic rings. The van der Waals surface area contributed by atoms with Gasteiger partial charge < -0.3 is 9.80 Å². The molecule has 1 atom stereocenters. The molecule has 0 aliphatic carbocycles. The van der Waals surface area contributed by atoms with Gasteiger partial charge in [0.1, 0.15) is 0 Å². The highest BCUT2D eigenvalue weighted by atomic mass is 16.2. The molecular weight excluding hydrogens is 276 g/mol. The molecule has 0 spiro atoms. The van der Waals surface area contributed by atoms with Crippen molar-refractivity contribution >= 4 is 5.91 Å². The highest BCUT2D eigenvalue weighted by molar-refractivity contribution is 5.76. The Bertz CT molecular complexity index is 479. The van der Waals surface area contributed by atoms with Crippen LogP contribution in [-0.4, -0.2) is 51.7 Å². The molecule has 1 aliphatic heterocycles. The Morgan fingerprint density at radius 2 is 2.14 bits per heavy atom. The predicted octanol–water partition coefficient (Wildman–Crippen LogP) is 2.54. The molecule has 5 heteroatoms.